The lowest BCUT2D eigenvalue weighted by Gasteiger charge is -1.95. The van der Waals surface area contributed by atoms with E-state index in [-0.39, 0.29) is 0 Å². The molecule has 3 rings (SSSR count). The van der Waals surface area contributed by atoms with Crippen LogP contribution in [0.4, 0.5) is 0 Å². The molecule has 0 N–H and O–H groups in total. The van der Waals surface area contributed by atoms with E-state index in [1.807, 2.05) is 24.3 Å². The normalized spacial score (nSPS) is 10.7. The minimum Gasteiger partial charge on any atom is -0.148 e. The van der Waals surface area contributed by atoms with E-state index in [0.29, 0.717) is 11.6 Å². The summed E-state index contributed by atoms with van der Waals surface area (Å²) >= 11 is 3.29. The molecule has 3 aromatic heterocycles. The minimum atomic E-state index is 0.588. The fourth-order valence-electron chi connectivity index (χ4n) is 1.54. The van der Waals surface area contributed by atoms with Gasteiger partial charge in [0.15, 0.2) is 15.7 Å². The SMILES string of the molecule is Bc1ccc(-c2nnc(-c3ccc(B)s3)nn2)s1. The van der Waals surface area contributed by atoms with Crippen LogP contribution < -0.4 is 9.55 Å². The molecule has 0 fully saturated rings. The van der Waals surface area contributed by atoms with Gasteiger partial charge in [-0.2, -0.15) is 0 Å². The lowest BCUT2D eigenvalue weighted by molar-refractivity contribution is 0.881. The van der Waals surface area contributed by atoms with Crippen molar-refractivity contribution in [3.8, 4) is 21.4 Å². The molecule has 0 saturated heterocycles. The molecule has 86 valence electrons. The molecule has 0 saturated carbocycles. The van der Waals surface area contributed by atoms with Crippen molar-refractivity contribution in [2.24, 2.45) is 0 Å². The Kier molecular flexibility index (Phi) is 2.97. The van der Waals surface area contributed by atoms with Gasteiger partial charge in [0.25, 0.3) is 0 Å². The second-order valence-electron chi connectivity index (χ2n) is 3.87. The highest BCUT2D eigenvalue weighted by Crippen LogP contribution is 2.20. The minimum absolute atomic E-state index is 0.588. The highest BCUT2D eigenvalue weighted by atomic mass is 32.1. The van der Waals surface area contributed by atoms with Crippen LogP contribution in [0.3, 0.4) is 0 Å². The van der Waals surface area contributed by atoms with Crippen LogP contribution in [0.2, 0.25) is 0 Å². The van der Waals surface area contributed by atoms with E-state index in [2.05, 4.69) is 36.1 Å². The number of thiophene rings is 2. The van der Waals surface area contributed by atoms with Gasteiger partial charge >= 0.3 is 0 Å². The Hall–Kier alpha value is -1.53. The van der Waals surface area contributed by atoms with E-state index >= 15 is 0 Å². The molecule has 0 amide bonds. The summed E-state index contributed by atoms with van der Waals surface area (Å²) in [5, 5.41) is 16.6. The van der Waals surface area contributed by atoms with Gasteiger partial charge < -0.3 is 0 Å². The Morgan fingerprint density at radius 2 is 1.06 bits per heavy atom. The van der Waals surface area contributed by atoms with E-state index < -0.39 is 0 Å². The molecule has 0 atom stereocenters. The summed E-state index contributed by atoms with van der Waals surface area (Å²) < 4.78 is 2.46. The maximum atomic E-state index is 4.14. The third-order valence-electron chi connectivity index (χ3n) is 2.40. The first-order chi connectivity index (χ1) is 8.72. The van der Waals surface area contributed by atoms with E-state index in [9.17, 15) is 0 Å². The van der Waals surface area contributed by atoms with E-state index in [1.165, 1.54) is 9.55 Å². The Labute approximate surface area is 114 Å². The summed E-state index contributed by atoms with van der Waals surface area (Å²) in [6.07, 6.45) is 0. The predicted molar refractivity (Wildman–Crippen MR) is 80.6 cm³/mol. The van der Waals surface area contributed by atoms with Gasteiger partial charge in [-0.15, -0.1) is 43.1 Å². The second-order valence-corrected chi connectivity index (χ2v) is 6.44. The van der Waals surface area contributed by atoms with Gasteiger partial charge in [-0.3, -0.25) is 0 Å². The number of hydrogen-bond acceptors (Lipinski definition) is 6. The highest BCUT2D eigenvalue weighted by Gasteiger charge is 2.09. The summed E-state index contributed by atoms with van der Waals surface area (Å²) in [7, 11) is 4.11. The molecule has 18 heavy (non-hydrogen) atoms. The van der Waals surface area contributed by atoms with Gasteiger partial charge in [0.1, 0.15) is 0 Å². The number of rotatable bonds is 2. The summed E-state index contributed by atoms with van der Waals surface area (Å²) in [5.41, 5.74) is 0. The first kappa shape index (κ1) is 11.6. The third-order valence-corrected chi connectivity index (χ3v) is 4.39. The van der Waals surface area contributed by atoms with Crippen molar-refractivity contribution >= 4 is 47.9 Å². The van der Waals surface area contributed by atoms with Gasteiger partial charge in [0.2, 0.25) is 11.6 Å². The Bertz CT molecular complexity index is 618. The van der Waals surface area contributed by atoms with Crippen LogP contribution in [-0.2, 0) is 0 Å². The quantitative estimate of drug-likeness (QED) is 0.574. The van der Waals surface area contributed by atoms with Gasteiger partial charge in [-0.05, 0) is 21.7 Å². The molecule has 0 aliphatic rings. The molecule has 0 bridgehead atoms. The summed E-state index contributed by atoms with van der Waals surface area (Å²) in [6, 6.07) is 8.07. The molecular formula is C10H8B2N4S2. The molecule has 0 aromatic carbocycles. The van der Waals surface area contributed by atoms with E-state index in [1.54, 1.807) is 22.7 Å². The van der Waals surface area contributed by atoms with Crippen molar-refractivity contribution in [2.75, 3.05) is 0 Å². The van der Waals surface area contributed by atoms with Crippen molar-refractivity contribution in [3.63, 3.8) is 0 Å². The maximum absolute atomic E-state index is 4.14. The zero-order valence-electron chi connectivity index (χ0n) is 9.91. The highest BCUT2D eigenvalue weighted by molar-refractivity contribution is 7.23. The Morgan fingerprint density at radius 3 is 1.33 bits per heavy atom. The van der Waals surface area contributed by atoms with Crippen LogP contribution in [0.25, 0.3) is 21.4 Å². The molecule has 8 heteroatoms. The average Bonchev–Trinajstić information content (AvgIpc) is 2.98. The predicted octanol–water partition coefficient (Wildman–Crippen LogP) is -0.760. The Morgan fingerprint density at radius 1 is 0.667 bits per heavy atom. The number of hydrogen-bond donors (Lipinski definition) is 0. The zero-order chi connectivity index (χ0) is 12.5. The fourth-order valence-corrected chi connectivity index (χ4v) is 3.12. The molecule has 3 aromatic rings. The molecule has 3 heterocycles. The molecule has 4 nitrogen and oxygen atoms in total. The lowest BCUT2D eigenvalue weighted by atomic mass is 10.1. The van der Waals surface area contributed by atoms with Crippen LogP contribution in [0, 0.1) is 0 Å². The third kappa shape index (κ3) is 2.21. The summed E-state index contributed by atoms with van der Waals surface area (Å²) in [4.78, 5) is 2.00. The zero-order valence-corrected chi connectivity index (χ0v) is 11.5. The van der Waals surface area contributed by atoms with Crippen molar-refractivity contribution in [2.45, 2.75) is 0 Å². The first-order valence-corrected chi connectivity index (χ1v) is 7.07. The van der Waals surface area contributed by atoms with Crippen LogP contribution in [0.1, 0.15) is 0 Å². The second kappa shape index (κ2) is 4.62. The molecule has 0 aliphatic heterocycles. The standard InChI is InChI=1S/C10H8B2N4S2/c11-7-3-1-5(17-7)9-13-15-10(16-14-9)6-2-4-8(12)18-6/h1-4H,11-12H2. The lowest BCUT2D eigenvalue weighted by Crippen LogP contribution is -1.97. The largest absolute Gasteiger partial charge is 0.213 e. The number of aromatic nitrogens is 4. The van der Waals surface area contributed by atoms with Crippen molar-refractivity contribution in [1.82, 2.24) is 20.4 Å². The average molecular weight is 270 g/mol. The molecule has 0 aliphatic carbocycles. The fraction of sp³-hybridized carbons (Fsp3) is 0. The number of nitrogens with zero attached hydrogens (tertiary/aromatic N) is 4. The van der Waals surface area contributed by atoms with Crippen LogP contribution >= 0.6 is 22.7 Å². The van der Waals surface area contributed by atoms with Gasteiger partial charge in [0, 0.05) is 0 Å². The van der Waals surface area contributed by atoms with Crippen molar-refractivity contribution < 1.29 is 0 Å². The molecule has 0 spiro atoms. The molecule has 0 radical (unpaired) electrons. The van der Waals surface area contributed by atoms with Crippen LogP contribution in [0.5, 0.6) is 0 Å². The first-order valence-electron chi connectivity index (χ1n) is 5.43. The van der Waals surface area contributed by atoms with Crippen molar-refractivity contribution in [3.05, 3.63) is 24.3 Å². The molecule has 0 unspecified atom stereocenters. The van der Waals surface area contributed by atoms with Crippen LogP contribution in [-0.4, -0.2) is 36.1 Å². The summed E-state index contributed by atoms with van der Waals surface area (Å²) in [6.45, 7) is 0. The van der Waals surface area contributed by atoms with Crippen molar-refractivity contribution in [1.29, 1.82) is 0 Å². The smallest absolute Gasteiger partial charge is 0.148 e. The summed E-state index contributed by atoms with van der Waals surface area (Å²) in [5.74, 6) is 1.18. The van der Waals surface area contributed by atoms with Gasteiger partial charge in [-0.1, -0.05) is 12.1 Å². The van der Waals surface area contributed by atoms with Gasteiger partial charge in [0.05, 0.1) is 9.75 Å². The maximum Gasteiger partial charge on any atom is 0.213 e. The Balaban J connectivity index is 1.94. The van der Waals surface area contributed by atoms with Gasteiger partial charge in [-0.25, -0.2) is 0 Å². The van der Waals surface area contributed by atoms with E-state index in [0.717, 1.165) is 9.75 Å². The monoisotopic (exact) mass is 270 g/mol. The van der Waals surface area contributed by atoms with Crippen LogP contribution in [0.15, 0.2) is 24.3 Å². The topological polar surface area (TPSA) is 51.6 Å². The molecular weight excluding hydrogens is 262 g/mol. The van der Waals surface area contributed by atoms with E-state index in [4.69, 9.17) is 0 Å².